The van der Waals surface area contributed by atoms with Gasteiger partial charge in [0.1, 0.15) is 0 Å². The van der Waals surface area contributed by atoms with Crippen LogP contribution in [0, 0.1) is 0 Å². The molecule has 2 N–H and O–H groups in total. The molecule has 0 aromatic heterocycles. The molecule has 0 spiro atoms. The average Bonchev–Trinajstić information content (AvgIpc) is 1.68. The van der Waals surface area contributed by atoms with Crippen molar-refractivity contribution in [2.45, 2.75) is 13.3 Å². The van der Waals surface area contributed by atoms with Gasteiger partial charge in [-0.25, -0.2) is 0 Å². The second kappa shape index (κ2) is 3.68. The van der Waals surface area contributed by atoms with Crippen LogP contribution >= 0.6 is 0 Å². The summed E-state index contributed by atoms with van der Waals surface area (Å²) in [5.74, 6) is 0.252. The van der Waals surface area contributed by atoms with Gasteiger partial charge in [-0.15, -0.1) is 0 Å². The normalized spacial score (nSPS) is 12.0. The minimum Gasteiger partial charge on any atom is -0.513 e. The summed E-state index contributed by atoms with van der Waals surface area (Å²) in [4.78, 5) is 0. The first-order valence-corrected chi connectivity index (χ1v) is 2.26. The van der Waals surface area contributed by atoms with E-state index < -0.39 is 0 Å². The Morgan fingerprint density at radius 2 is 2.29 bits per heavy atom. The molecule has 7 heavy (non-hydrogen) atoms. The molecule has 0 unspecified atom stereocenters. The summed E-state index contributed by atoms with van der Waals surface area (Å²) < 4.78 is 0. The van der Waals surface area contributed by atoms with Gasteiger partial charge < -0.3 is 10.2 Å². The quantitative estimate of drug-likeness (QED) is 0.507. The topological polar surface area (TPSA) is 40.5 Å². The molecule has 0 fully saturated rings. The molecule has 0 amide bonds. The van der Waals surface area contributed by atoms with E-state index >= 15 is 0 Å². The van der Waals surface area contributed by atoms with E-state index in [9.17, 15) is 0 Å². The lowest BCUT2D eigenvalue weighted by atomic mass is 10.4. The Bertz CT molecular complexity index is 66.5. The number of rotatable bonds is 2. The zero-order valence-corrected chi connectivity index (χ0v) is 4.39. The molecule has 0 aliphatic carbocycles. The van der Waals surface area contributed by atoms with E-state index in [0.29, 0.717) is 6.42 Å². The highest BCUT2D eigenvalue weighted by Crippen LogP contribution is 1.91. The molecule has 0 aliphatic heterocycles. The fraction of sp³-hybridized carbons (Fsp3) is 0.600. The van der Waals surface area contributed by atoms with Gasteiger partial charge in [-0.05, 0) is 13.0 Å². The first-order chi connectivity index (χ1) is 3.31. The zero-order valence-electron chi connectivity index (χ0n) is 4.39. The Morgan fingerprint density at radius 3 is 2.43 bits per heavy atom. The molecule has 0 radical (unpaired) electrons. The number of aliphatic hydroxyl groups is 2. The summed E-state index contributed by atoms with van der Waals surface area (Å²) >= 11 is 0. The van der Waals surface area contributed by atoms with Gasteiger partial charge in [0, 0.05) is 6.42 Å². The van der Waals surface area contributed by atoms with E-state index in [1.165, 1.54) is 0 Å². The van der Waals surface area contributed by atoms with Crippen molar-refractivity contribution >= 4 is 0 Å². The van der Waals surface area contributed by atoms with Crippen molar-refractivity contribution in [2.75, 3.05) is 6.61 Å². The molecule has 0 aliphatic rings. The SMILES string of the molecule is C/C=C(/O)CCO. The molecule has 0 rings (SSSR count). The highest BCUT2D eigenvalue weighted by Gasteiger charge is 1.84. The van der Waals surface area contributed by atoms with E-state index in [4.69, 9.17) is 10.2 Å². The second-order valence-electron chi connectivity index (χ2n) is 1.25. The highest BCUT2D eigenvalue weighted by molar-refractivity contribution is 4.86. The van der Waals surface area contributed by atoms with Crippen LogP contribution in [0.1, 0.15) is 13.3 Å². The molecule has 0 atom stereocenters. The predicted molar refractivity (Wildman–Crippen MR) is 28.1 cm³/mol. The Balaban J connectivity index is 3.17. The molecule has 0 aromatic rings. The third-order valence-corrected chi connectivity index (χ3v) is 0.701. The largest absolute Gasteiger partial charge is 0.513 e. The monoisotopic (exact) mass is 102 g/mol. The third-order valence-electron chi connectivity index (χ3n) is 0.701. The van der Waals surface area contributed by atoms with E-state index in [-0.39, 0.29) is 12.4 Å². The Labute approximate surface area is 43.1 Å². The molecule has 2 nitrogen and oxygen atoms in total. The summed E-state index contributed by atoms with van der Waals surface area (Å²) in [6.07, 6.45) is 1.94. The fourth-order valence-corrected chi connectivity index (χ4v) is 0.259. The van der Waals surface area contributed by atoms with Crippen molar-refractivity contribution in [3.05, 3.63) is 11.8 Å². The fourth-order valence-electron chi connectivity index (χ4n) is 0.259. The van der Waals surface area contributed by atoms with Gasteiger partial charge in [-0.2, -0.15) is 0 Å². The van der Waals surface area contributed by atoms with Crippen LogP contribution in [-0.2, 0) is 0 Å². The molecule has 2 heteroatoms. The number of aliphatic hydroxyl groups excluding tert-OH is 2. The van der Waals surface area contributed by atoms with Gasteiger partial charge in [0.15, 0.2) is 0 Å². The van der Waals surface area contributed by atoms with Crippen LogP contribution < -0.4 is 0 Å². The van der Waals surface area contributed by atoms with Gasteiger partial charge >= 0.3 is 0 Å². The average molecular weight is 102 g/mol. The van der Waals surface area contributed by atoms with Crippen LogP contribution in [0.15, 0.2) is 11.8 Å². The highest BCUT2D eigenvalue weighted by atomic mass is 16.3. The van der Waals surface area contributed by atoms with Crippen molar-refractivity contribution in [1.82, 2.24) is 0 Å². The molecule has 0 bridgehead atoms. The van der Waals surface area contributed by atoms with Crippen LogP contribution in [0.3, 0.4) is 0 Å². The van der Waals surface area contributed by atoms with Crippen molar-refractivity contribution in [1.29, 1.82) is 0 Å². The molecule has 0 saturated heterocycles. The Kier molecular flexibility index (Phi) is 3.42. The molecular formula is C5H10O2. The van der Waals surface area contributed by atoms with Gasteiger partial charge in [-0.3, -0.25) is 0 Å². The number of hydrogen-bond acceptors (Lipinski definition) is 2. The van der Waals surface area contributed by atoms with Crippen molar-refractivity contribution in [3.8, 4) is 0 Å². The standard InChI is InChI=1S/C5H10O2/c1-2-5(7)3-4-6/h2,6-7H,3-4H2,1H3/b5-2+. The zero-order chi connectivity index (χ0) is 5.70. The first-order valence-electron chi connectivity index (χ1n) is 2.26. The maximum Gasteiger partial charge on any atom is 0.0902 e. The Morgan fingerprint density at radius 1 is 1.71 bits per heavy atom. The summed E-state index contributed by atoms with van der Waals surface area (Å²) in [7, 11) is 0. The van der Waals surface area contributed by atoms with Gasteiger partial charge in [0.25, 0.3) is 0 Å². The molecule has 0 saturated carbocycles. The lowest BCUT2D eigenvalue weighted by Crippen LogP contribution is -1.84. The molecule has 0 heterocycles. The minimum atomic E-state index is 0.0240. The smallest absolute Gasteiger partial charge is 0.0902 e. The summed E-state index contributed by atoms with van der Waals surface area (Å²) in [5, 5.41) is 16.7. The third kappa shape index (κ3) is 3.33. The molecule has 0 aromatic carbocycles. The van der Waals surface area contributed by atoms with Crippen LogP contribution in [-0.4, -0.2) is 16.8 Å². The van der Waals surface area contributed by atoms with Gasteiger partial charge in [0.2, 0.25) is 0 Å². The van der Waals surface area contributed by atoms with Crippen LogP contribution in [0.5, 0.6) is 0 Å². The molecular weight excluding hydrogens is 92.1 g/mol. The lowest BCUT2D eigenvalue weighted by molar-refractivity contribution is 0.268. The van der Waals surface area contributed by atoms with E-state index in [0.717, 1.165) is 0 Å². The van der Waals surface area contributed by atoms with E-state index in [2.05, 4.69) is 0 Å². The maximum absolute atomic E-state index is 8.56. The van der Waals surface area contributed by atoms with Crippen LogP contribution in [0.25, 0.3) is 0 Å². The van der Waals surface area contributed by atoms with E-state index in [1.54, 1.807) is 13.0 Å². The summed E-state index contributed by atoms with van der Waals surface area (Å²) in [6, 6.07) is 0. The lowest BCUT2D eigenvalue weighted by Gasteiger charge is -1.89. The first kappa shape index (κ1) is 6.50. The van der Waals surface area contributed by atoms with Crippen molar-refractivity contribution < 1.29 is 10.2 Å². The number of hydrogen-bond donors (Lipinski definition) is 2. The maximum atomic E-state index is 8.56. The Hall–Kier alpha value is -0.500. The second-order valence-corrected chi connectivity index (χ2v) is 1.25. The van der Waals surface area contributed by atoms with Crippen LogP contribution in [0.2, 0.25) is 0 Å². The van der Waals surface area contributed by atoms with Gasteiger partial charge in [0.05, 0.1) is 12.4 Å². The van der Waals surface area contributed by atoms with E-state index in [1.807, 2.05) is 0 Å². The van der Waals surface area contributed by atoms with Crippen LogP contribution in [0.4, 0.5) is 0 Å². The predicted octanol–water partition coefficient (Wildman–Crippen LogP) is 0.831. The minimum absolute atomic E-state index is 0.0240. The number of allylic oxidation sites excluding steroid dienone is 1. The summed E-state index contributed by atoms with van der Waals surface area (Å²) in [5.41, 5.74) is 0. The van der Waals surface area contributed by atoms with Crippen molar-refractivity contribution in [3.63, 3.8) is 0 Å². The summed E-state index contributed by atoms with van der Waals surface area (Å²) in [6.45, 7) is 1.75. The molecule has 42 valence electrons. The van der Waals surface area contributed by atoms with Crippen molar-refractivity contribution in [2.24, 2.45) is 0 Å². The van der Waals surface area contributed by atoms with Gasteiger partial charge in [-0.1, -0.05) is 0 Å².